The lowest BCUT2D eigenvalue weighted by molar-refractivity contribution is 0.112. The Labute approximate surface area is 168 Å². The third-order valence-electron chi connectivity index (χ3n) is 3.97. The van der Waals surface area contributed by atoms with Gasteiger partial charge < -0.3 is 14.4 Å². The second-order valence-electron chi connectivity index (χ2n) is 5.82. The first-order chi connectivity index (χ1) is 12.9. The molecule has 0 saturated heterocycles. The number of carbonyl (C=O) groups is 1. The first-order valence-electron chi connectivity index (χ1n) is 8.18. The molecular weight excluding hydrogens is 389 g/mol. The van der Waals surface area contributed by atoms with Crippen LogP contribution in [0, 0.1) is 0 Å². The minimum atomic E-state index is 0.220. The number of carbonyl (C=O) groups excluding carboxylic acids is 1. The largest absolute Gasteiger partial charge is 0.496 e. The van der Waals surface area contributed by atoms with Crippen molar-refractivity contribution in [2.24, 2.45) is 4.99 Å². The van der Waals surface area contributed by atoms with E-state index < -0.39 is 0 Å². The predicted octanol–water partition coefficient (Wildman–Crippen LogP) is 4.42. The number of halogens is 2. The molecule has 6 nitrogen and oxygen atoms in total. The Morgan fingerprint density at radius 2 is 1.89 bits per heavy atom. The van der Waals surface area contributed by atoms with Crippen LogP contribution in [0.4, 0.5) is 5.69 Å². The van der Waals surface area contributed by atoms with Crippen molar-refractivity contribution in [1.29, 1.82) is 0 Å². The molecule has 1 aromatic carbocycles. The van der Waals surface area contributed by atoms with E-state index in [1.54, 1.807) is 13.2 Å². The molecule has 0 aliphatic carbocycles. The van der Waals surface area contributed by atoms with Gasteiger partial charge in [-0.2, -0.15) is 0 Å². The summed E-state index contributed by atoms with van der Waals surface area (Å²) in [4.78, 5) is 21.9. The molecule has 0 aliphatic heterocycles. The van der Waals surface area contributed by atoms with Gasteiger partial charge in [-0.25, -0.2) is 9.98 Å². The number of aliphatic imine (C=N–C) groups is 1. The lowest BCUT2D eigenvalue weighted by atomic mass is 10.0. The Morgan fingerprint density at radius 3 is 2.41 bits per heavy atom. The fourth-order valence-electron chi connectivity index (χ4n) is 2.68. The van der Waals surface area contributed by atoms with Crippen LogP contribution in [-0.4, -0.2) is 50.3 Å². The molecule has 2 aromatic rings. The van der Waals surface area contributed by atoms with E-state index in [-0.39, 0.29) is 5.15 Å². The molecule has 1 heterocycles. The first kappa shape index (κ1) is 21.0. The van der Waals surface area contributed by atoms with E-state index in [0.717, 1.165) is 5.56 Å². The van der Waals surface area contributed by atoms with Gasteiger partial charge in [0.1, 0.15) is 22.5 Å². The number of nitrogens with zero attached hydrogens (tertiary/aromatic N) is 3. The van der Waals surface area contributed by atoms with Gasteiger partial charge in [-0.3, -0.25) is 4.79 Å². The zero-order valence-electron chi connectivity index (χ0n) is 15.8. The van der Waals surface area contributed by atoms with Crippen LogP contribution < -0.4 is 9.47 Å². The van der Waals surface area contributed by atoms with Crippen molar-refractivity contribution in [2.45, 2.75) is 13.3 Å². The van der Waals surface area contributed by atoms with Gasteiger partial charge in [-0.15, -0.1) is 0 Å². The van der Waals surface area contributed by atoms with Crippen LogP contribution in [0.2, 0.25) is 10.2 Å². The van der Waals surface area contributed by atoms with Crippen molar-refractivity contribution >= 4 is 41.0 Å². The molecule has 0 N–H and O–H groups in total. The highest BCUT2D eigenvalue weighted by molar-refractivity contribution is 6.36. The summed E-state index contributed by atoms with van der Waals surface area (Å²) >= 11 is 12.5. The van der Waals surface area contributed by atoms with Crippen LogP contribution in [-0.2, 0) is 6.42 Å². The quantitative estimate of drug-likeness (QED) is 0.305. The molecule has 0 aliphatic rings. The minimum absolute atomic E-state index is 0.220. The van der Waals surface area contributed by atoms with Crippen LogP contribution in [0.15, 0.2) is 23.3 Å². The molecule has 0 bridgehead atoms. The van der Waals surface area contributed by atoms with Crippen molar-refractivity contribution in [1.82, 2.24) is 9.88 Å². The molecule has 0 atom stereocenters. The number of rotatable bonds is 6. The summed E-state index contributed by atoms with van der Waals surface area (Å²) in [6, 6.07) is 3.22. The first-order valence-corrected chi connectivity index (χ1v) is 8.93. The minimum Gasteiger partial charge on any atom is -0.496 e. The van der Waals surface area contributed by atoms with E-state index in [9.17, 15) is 4.79 Å². The maximum atomic E-state index is 11.4. The lowest BCUT2D eigenvalue weighted by Gasteiger charge is -2.23. The van der Waals surface area contributed by atoms with E-state index in [0.29, 0.717) is 51.9 Å². The van der Waals surface area contributed by atoms with Gasteiger partial charge in [-0.05, 0) is 12.5 Å². The van der Waals surface area contributed by atoms with Crippen LogP contribution in [0.3, 0.4) is 0 Å². The summed E-state index contributed by atoms with van der Waals surface area (Å²) in [6.07, 6.45) is 2.80. The Bertz CT molecular complexity index is 883. The van der Waals surface area contributed by atoms with Gasteiger partial charge in [0.25, 0.3) is 0 Å². The van der Waals surface area contributed by atoms with Crippen molar-refractivity contribution in [2.75, 3.05) is 28.3 Å². The zero-order valence-corrected chi connectivity index (χ0v) is 17.4. The summed E-state index contributed by atoms with van der Waals surface area (Å²) in [5, 5.41) is 0.634. The number of amidine groups is 1. The highest BCUT2D eigenvalue weighted by Crippen LogP contribution is 2.39. The Morgan fingerprint density at radius 1 is 1.22 bits per heavy atom. The number of aromatic nitrogens is 1. The number of aldehydes is 1. The number of hydrogen-bond acceptors (Lipinski definition) is 5. The fraction of sp³-hybridized carbons (Fsp3) is 0.316. The maximum Gasteiger partial charge on any atom is 0.152 e. The number of methoxy groups -OCH3 is 2. The molecule has 2 rings (SSSR count). The summed E-state index contributed by atoms with van der Waals surface area (Å²) in [5.74, 6) is 1.66. The molecule has 27 heavy (non-hydrogen) atoms. The summed E-state index contributed by atoms with van der Waals surface area (Å²) < 4.78 is 10.9. The number of hydrogen-bond donors (Lipinski definition) is 0. The molecule has 144 valence electrons. The fourth-order valence-corrected chi connectivity index (χ4v) is 3.18. The third-order valence-corrected chi connectivity index (χ3v) is 4.55. The summed E-state index contributed by atoms with van der Waals surface area (Å²) in [5.41, 5.74) is 2.27. The SMILES string of the molecule is CCc1c(OC)cc(OC)c(Cl)c1C(=Nc1cnc(Cl)cc1C=O)N(C)C. The van der Waals surface area contributed by atoms with Crippen molar-refractivity contribution < 1.29 is 14.3 Å². The van der Waals surface area contributed by atoms with E-state index in [4.69, 9.17) is 32.7 Å². The standard InChI is InChI=1S/C19H21Cl2N3O3/c1-6-12-14(26-4)8-15(27-5)18(21)17(12)19(24(2)3)23-13-9-22-16(20)7-11(13)10-25/h7-10H,6H2,1-5H3. The van der Waals surface area contributed by atoms with E-state index in [2.05, 4.69) is 9.98 Å². The van der Waals surface area contributed by atoms with Crippen LogP contribution in [0.5, 0.6) is 11.5 Å². The zero-order chi connectivity index (χ0) is 20.1. The normalized spacial score (nSPS) is 11.3. The lowest BCUT2D eigenvalue weighted by Crippen LogP contribution is -2.25. The van der Waals surface area contributed by atoms with E-state index in [1.165, 1.54) is 19.4 Å². The van der Waals surface area contributed by atoms with E-state index in [1.807, 2.05) is 25.9 Å². The topological polar surface area (TPSA) is 64.0 Å². The Hall–Kier alpha value is -2.31. The van der Waals surface area contributed by atoms with Gasteiger partial charge in [0.2, 0.25) is 0 Å². The highest BCUT2D eigenvalue weighted by Gasteiger charge is 2.23. The van der Waals surface area contributed by atoms with E-state index >= 15 is 0 Å². The number of pyridine rings is 1. The molecule has 0 amide bonds. The molecule has 0 unspecified atom stereocenters. The molecule has 0 radical (unpaired) electrons. The molecule has 8 heteroatoms. The van der Waals surface area contributed by atoms with Crippen LogP contribution in [0.25, 0.3) is 0 Å². The average molecular weight is 410 g/mol. The monoisotopic (exact) mass is 409 g/mol. The average Bonchev–Trinajstić information content (AvgIpc) is 2.66. The van der Waals surface area contributed by atoms with Crippen LogP contribution in [0.1, 0.15) is 28.4 Å². The van der Waals surface area contributed by atoms with Crippen molar-refractivity contribution in [3.8, 4) is 11.5 Å². The summed E-state index contributed by atoms with van der Waals surface area (Å²) in [6.45, 7) is 2.00. The highest BCUT2D eigenvalue weighted by atomic mass is 35.5. The second kappa shape index (κ2) is 9.06. The molecule has 0 fully saturated rings. The van der Waals surface area contributed by atoms with Gasteiger partial charge in [0.05, 0.1) is 31.1 Å². The smallest absolute Gasteiger partial charge is 0.152 e. The van der Waals surface area contributed by atoms with Crippen molar-refractivity contribution in [3.63, 3.8) is 0 Å². The third kappa shape index (κ3) is 4.34. The molecular formula is C19H21Cl2N3O3. The Kier molecular flexibility index (Phi) is 7.05. The molecule has 0 spiro atoms. The van der Waals surface area contributed by atoms with Gasteiger partial charge in [0, 0.05) is 36.9 Å². The van der Waals surface area contributed by atoms with Crippen LogP contribution >= 0.6 is 23.2 Å². The maximum absolute atomic E-state index is 11.4. The second-order valence-corrected chi connectivity index (χ2v) is 6.58. The molecule has 1 aromatic heterocycles. The van der Waals surface area contributed by atoms with Gasteiger partial charge >= 0.3 is 0 Å². The van der Waals surface area contributed by atoms with Gasteiger partial charge in [0.15, 0.2) is 6.29 Å². The van der Waals surface area contributed by atoms with Crippen molar-refractivity contribution in [3.05, 3.63) is 45.2 Å². The molecule has 0 saturated carbocycles. The van der Waals surface area contributed by atoms with Gasteiger partial charge in [-0.1, -0.05) is 30.1 Å². The number of benzene rings is 1. The predicted molar refractivity (Wildman–Crippen MR) is 108 cm³/mol. The Balaban J connectivity index is 2.83. The number of ether oxygens (including phenoxy) is 2. The summed E-state index contributed by atoms with van der Waals surface area (Å²) in [7, 11) is 6.80.